The third-order valence-electron chi connectivity index (χ3n) is 11.2. The molecule has 0 aliphatic heterocycles. The van der Waals surface area contributed by atoms with Crippen LogP contribution < -0.4 is 0 Å². The van der Waals surface area contributed by atoms with Gasteiger partial charge in [0, 0.05) is 19.3 Å². The predicted octanol–water partition coefficient (Wildman–Crippen LogP) is 19.5. The first-order chi connectivity index (χ1) is 36.0. The van der Waals surface area contributed by atoms with Gasteiger partial charge in [-0.3, -0.25) is 14.4 Å². The summed E-state index contributed by atoms with van der Waals surface area (Å²) in [4.78, 5) is 38.0. The topological polar surface area (TPSA) is 78.9 Å². The molecular weight excluding hydrogens is 901 g/mol. The number of allylic oxidation sites excluding steroid dienone is 28. The van der Waals surface area contributed by atoms with E-state index in [4.69, 9.17) is 14.2 Å². The van der Waals surface area contributed by atoms with E-state index in [0.29, 0.717) is 19.3 Å². The highest BCUT2D eigenvalue weighted by Gasteiger charge is 2.19. The van der Waals surface area contributed by atoms with Gasteiger partial charge in [-0.05, 0) is 135 Å². The predicted molar refractivity (Wildman–Crippen MR) is 315 cm³/mol. The Morgan fingerprint density at radius 3 is 0.918 bits per heavy atom. The molecule has 0 radical (unpaired) electrons. The fourth-order valence-corrected chi connectivity index (χ4v) is 6.96. The van der Waals surface area contributed by atoms with E-state index in [2.05, 4.69) is 179 Å². The molecule has 406 valence electrons. The summed E-state index contributed by atoms with van der Waals surface area (Å²) in [5, 5.41) is 0. The number of hydrogen-bond donors (Lipinski definition) is 0. The van der Waals surface area contributed by atoms with Crippen molar-refractivity contribution >= 4 is 17.9 Å². The van der Waals surface area contributed by atoms with Gasteiger partial charge in [-0.15, -0.1) is 0 Å². The van der Waals surface area contributed by atoms with Crippen LogP contribution in [-0.2, 0) is 28.6 Å². The minimum Gasteiger partial charge on any atom is -0.462 e. The smallest absolute Gasteiger partial charge is 0.306 e. The Morgan fingerprint density at radius 2 is 0.562 bits per heavy atom. The number of ether oxygens (including phenoxy) is 3. The van der Waals surface area contributed by atoms with E-state index in [-0.39, 0.29) is 31.6 Å². The Bertz CT molecular complexity index is 1720. The molecule has 0 bridgehead atoms. The summed E-state index contributed by atoms with van der Waals surface area (Å²) in [7, 11) is 0. The standard InChI is InChI=1S/C67H102O6/c1-4-7-10-13-16-19-22-24-25-26-27-28-29-30-31-32-33-34-35-36-37-38-39-40-41-43-45-48-51-54-57-60-66(69)72-63-64(62-71-65(68)59-56-53-50-47-44-21-18-15-12-9-6-3)73-67(70)61-58-55-52-49-46-42-23-20-17-14-11-8-5-2/h7-8,10-11,15-20,24-25,27-28,30-31,33-34,36-37,39-40,42-43,45-46,52,55,64H,4-6,9,12-14,21-23,26,29,32,35,38,41,44,47-51,53-54,56-63H2,1-3H3/b10-7-,11-8-,18-15-,19-16-,20-17-,25-24-,28-27-,31-30-,34-33-,37-36-,40-39-,45-43-,46-42-,55-52-. The molecule has 0 aromatic heterocycles. The zero-order chi connectivity index (χ0) is 52.9. The third-order valence-corrected chi connectivity index (χ3v) is 11.2. The Kier molecular flexibility index (Phi) is 55.1. The van der Waals surface area contributed by atoms with Gasteiger partial charge in [0.1, 0.15) is 13.2 Å². The van der Waals surface area contributed by atoms with Gasteiger partial charge in [0.15, 0.2) is 6.10 Å². The van der Waals surface area contributed by atoms with Crippen molar-refractivity contribution in [3.8, 4) is 0 Å². The van der Waals surface area contributed by atoms with Crippen molar-refractivity contribution in [1.82, 2.24) is 0 Å². The molecule has 0 heterocycles. The van der Waals surface area contributed by atoms with Crippen LogP contribution in [0.2, 0.25) is 0 Å². The van der Waals surface area contributed by atoms with Crippen LogP contribution in [0, 0.1) is 0 Å². The Morgan fingerprint density at radius 1 is 0.288 bits per heavy atom. The van der Waals surface area contributed by atoms with Crippen molar-refractivity contribution in [2.75, 3.05) is 13.2 Å². The zero-order valence-corrected chi connectivity index (χ0v) is 46.3. The molecule has 0 rings (SSSR count). The molecular formula is C67H102O6. The van der Waals surface area contributed by atoms with E-state index in [9.17, 15) is 14.4 Å². The van der Waals surface area contributed by atoms with E-state index >= 15 is 0 Å². The van der Waals surface area contributed by atoms with Gasteiger partial charge in [0.05, 0.1) is 0 Å². The van der Waals surface area contributed by atoms with Crippen molar-refractivity contribution in [3.63, 3.8) is 0 Å². The van der Waals surface area contributed by atoms with E-state index in [1.165, 1.54) is 25.7 Å². The van der Waals surface area contributed by atoms with E-state index < -0.39 is 12.1 Å². The number of carbonyl (C=O) groups excluding carboxylic acids is 3. The number of hydrogen-bond acceptors (Lipinski definition) is 6. The normalized spacial score (nSPS) is 13.4. The maximum absolute atomic E-state index is 12.8. The molecule has 0 N–H and O–H groups in total. The van der Waals surface area contributed by atoms with Crippen molar-refractivity contribution in [3.05, 3.63) is 170 Å². The summed E-state index contributed by atoms with van der Waals surface area (Å²) < 4.78 is 16.7. The molecule has 6 heteroatoms. The second-order valence-corrected chi connectivity index (χ2v) is 18.1. The molecule has 1 atom stereocenters. The lowest BCUT2D eigenvalue weighted by Gasteiger charge is -2.18. The minimum atomic E-state index is -0.841. The van der Waals surface area contributed by atoms with E-state index in [1.807, 2.05) is 12.2 Å². The SMILES string of the molecule is CC/C=C\C/C=C\C/C=C\C/C=C\C/C=C\C/C=C\C/C=C\C/C=C\C/C=C\CCCCCC(=O)OCC(COC(=O)CCCCCCC/C=C\CCCC)OC(=O)CC/C=C\C/C=C\C/C=C\C/C=C\CC. The molecule has 0 aromatic carbocycles. The number of carbonyl (C=O) groups is 3. The molecule has 0 amide bonds. The first-order valence-electron chi connectivity index (χ1n) is 28.6. The molecule has 0 fully saturated rings. The van der Waals surface area contributed by atoms with Gasteiger partial charge >= 0.3 is 17.9 Å². The van der Waals surface area contributed by atoms with E-state index in [0.717, 1.165) is 141 Å². The molecule has 0 saturated heterocycles. The molecule has 0 aliphatic rings. The summed E-state index contributed by atoms with van der Waals surface area (Å²) >= 11 is 0. The van der Waals surface area contributed by atoms with Crippen LogP contribution in [0.1, 0.15) is 213 Å². The quantitative estimate of drug-likeness (QED) is 0.0261. The first kappa shape index (κ1) is 67.8. The summed E-state index contributed by atoms with van der Waals surface area (Å²) in [5.74, 6) is -1.07. The third kappa shape index (κ3) is 57.5. The van der Waals surface area contributed by atoms with Crippen LogP contribution in [0.3, 0.4) is 0 Å². The maximum Gasteiger partial charge on any atom is 0.306 e. The molecule has 0 spiro atoms. The lowest BCUT2D eigenvalue weighted by molar-refractivity contribution is -0.166. The fourth-order valence-electron chi connectivity index (χ4n) is 6.96. The molecule has 6 nitrogen and oxygen atoms in total. The van der Waals surface area contributed by atoms with Gasteiger partial charge in [0.2, 0.25) is 0 Å². The highest BCUT2D eigenvalue weighted by molar-refractivity contribution is 5.71. The monoisotopic (exact) mass is 1000 g/mol. The van der Waals surface area contributed by atoms with Crippen molar-refractivity contribution in [1.29, 1.82) is 0 Å². The number of rotatable bonds is 49. The van der Waals surface area contributed by atoms with Gasteiger partial charge in [-0.1, -0.05) is 229 Å². The maximum atomic E-state index is 12.8. The Labute approximate surface area is 447 Å². The van der Waals surface area contributed by atoms with Gasteiger partial charge < -0.3 is 14.2 Å². The summed E-state index contributed by atoms with van der Waals surface area (Å²) in [6, 6.07) is 0. The zero-order valence-electron chi connectivity index (χ0n) is 46.3. The molecule has 0 aliphatic carbocycles. The summed E-state index contributed by atoms with van der Waals surface area (Å²) in [6.07, 6.45) is 88.0. The number of unbranched alkanes of at least 4 members (excludes halogenated alkanes) is 10. The average molecular weight is 1000 g/mol. The Balaban J connectivity index is 4.40. The van der Waals surface area contributed by atoms with Crippen LogP contribution in [0.4, 0.5) is 0 Å². The first-order valence-corrected chi connectivity index (χ1v) is 28.6. The minimum absolute atomic E-state index is 0.129. The average Bonchev–Trinajstić information content (AvgIpc) is 3.39. The second kappa shape index (κ2) is 59.3. The second-order valence-electron chi connectivity index (χ2n) is 18.1. The number of esters is 3. The van der Waals surface area contributed by atoms with Crippen molar-refractivity contribution in [2.24, 2.45) is 0 Å². The van der Waals surface area contributed by atoms with Crippen LogP contribution in [-0.4, -0.2) is 37.2 Å². The van der Waals surface area contributed by atoms with Crippen molar-refractivity contribution < 1.29 is 28.6 Å². The van der Waals surface area contributed by atoms with Gasteiger partial charge in [0.25, 0.3) is 0 Å². The lowest BCUT2D eigenvalue weighted by atomic mass is 10.1. The highest BCUT2D eigenvalue weighted by Crippen LogP contribution is 2.11. The van der Waals surface area contributed by atoms with Crippen molar-refractivity contribution in [2.45, 2.75) is 219 Å². The van der Waals surface area contributed by atoms with Crippen LogP contribution >= 0.6 is 0 Å². The molecule has 0 aromatic rings. The fraction of sp³-hybridized carbons (Fsp3) is 0.537. The lowest BCUT2D eigenvalue weighted by Crippen LogP contribution is -2.30. The van der Waals surface area contributed by atoms with Crippen LogP contribution in [0.5, 0.6) is 0 Å². The molecule has 73 heavy (non-hydrogen) atoms. The van der Waals surface area contributed by atoms with Crippen LogP contribution in [0.15, 0.2) is 170 Å². The largest absolute Gasteiger partial charge is 0.462 e. The van der Waals surface area contributed by atoms with Gasteiger partial charge in [-0.25, -0.2) is 0 Å². The van der Waals surface area contributed by atoms with Crippen LogP contribution in [0.25, 0.3) is 0 Å². The molecule has 0 saturated carbocycles. The van der Waals surface area contributed by atoms with E-state index in [1.54, 1.807) is 0 Å². The summed E-state index contributed by atoms with van der Waals surface area (Å²) in [6.45, 7) is 6.24. The molecule has 1 unspecified atom stereocenters. The highest BCUT2D eigenvalue weighted by atomic mass is 16.6. The summed E-state index contributed by atoms with van der Waals surface area (Å²) in [5.41, 5.74) is 0. The Hall–Kier alpha value is -5.23. The van der Waals surface area contributed by atoms with Gasteiger partial charge in [-0.2, -0.15) is 0 Å².